The topological polar surface area (TPSA) is 93.9 Å². The van der Waals surface area contributed by atoms with Crippen molar-refractivity contribution < 1.29 is 9.53 Å². The number of carbonyl (C=O) groups is 1. The maximum absolute atomic E-state index is 12.7. The molecule has 1 amide bonds. The quantitative estimate of drug-likeness (QED) is 0.845. The molecule has 128 valence electrons. The third kappa shape index (κ3) is 2.67. The van der Waals surface area contributed by atoms with E-state index in [4.69, 9.17) is 4.74 Å². The van der Waals surface area contributed by atoms with Crippen LogP contribution in [0.5, 0.6) is 0 Å². The van der Waals surface area contributed by atoms with Crippen molar-refractivity contribution in [1.29, 1.82) is 0 Å². The SMILES string of the molecule is Cn1cc([C@H]2SCC(=O)Nc3c2c(=O)[nH]n3C2CCOCC2)cn1. The van der Waals surface area contributed by atoms with Crippen molar-refractivity contribution in [3.05, 3.63) is 33.9 Å². The van der Waals surface area contributed by atoms with E-state index >= 15 is 0 Å². The molecule has 0 aromatic carbocycles. The van der Waals surface area contributed by atoms with E-state index in [9.17, 15) is 9.59 Å². The van der Waals surface area contributed by atoms with E-state index in [2.05, 4.69) is 15.5 Å². The summed E-state index contributed by atoms with van der Waals surface area (Å²) in [4.78, 5) is 24.8. The van der Waals surface area contributed by atoms with Gasteiger partial charge in [-0.3, -0.25) is 24.1 Å². The zero-order valence-corrected chi connectivity index (χ0v) is 14.1. The number of nitrogens with zero attached hydrogens (tertiary/aromatic N) is 3. The maximum atomic E-state index is 12.7. The van der Waals surface area contributed by atoms with Gasteiger partial charge in [-0.25, -0.2) is 0 Å². The number of H-pyrrole nitrogens is 1. The highest BCUT2D eigenvalue weighted by molar-refractivity contribution is 8.00. The fourth-order valence-corrected chi connectivity index (χ4v) is 4.39. The molecule has 4 rings (SSSR count). The number of aromatic nitrogens is 4. The first-order valence-electron chi connectivity index (χ1n) is 7.95. The van der Waals surface area contributed by atoms with Gasteiger partial charge in [-0.1, -0.05) is 0 Å². The first-order valence-corrected chi connectivity index (χ1v) is 9.00. The van der Waals surface area contributed by atoms with Crippen LogP contribution >= 0.6 is 11.8 Å². The Kier molecular flexibility index (Phi) is 3.97. The van der Waals surface area contributed by atoms with Gasteiger partial charge in [-0.15, -0.1) is 11.8 Å². The summed E-state index contributed by atoms with van der Waals surface area (Å²) in [5.74, 6) is 0.810. The molecule has 2 aliphatic heterocycles. The Morgan fingerprint density at radius 2 is 2.12 bits per heavy atom. The average Bonchev–Trinajstić information content (AvgIpc) is 3.08. The fourth-order valence-electron chi connectivity index (χ4n) is 3.30. The molecule has 9 heteroatoms. The van der Waals surface area contributed by atoms with Crippen LogP contribution in [0.15, 0.2) is 17.2 Å². The fraction of sp³-hybridized carbons (Fsp3) is 0.533. The molecular formula is C15H19N5O3S. The van der Waals surface area contributed by atoms with Crippen molar-refractivity contribution in [2.75, 3.05) is 24.3 Å². The third-order valence-electron chi connectivity index (χ3n) is 4.45. The molecule has 8 nitrogen and oxygen atoms in total. The molecule has 2 N–H and O–H groups in total. The minimum absolute atomic E-state index is 0.0903. The number of amides is 1. The minimum Gasteiger partial charge on any atom is -0.381 e. The summed E-state index contributed by atoms with van der Waals surface area (Å²) < 4.78 is 8.94. The summed E-state index contributed by atoms with van der Waals surface area (Å²) in [6.07, 6.45) is 5.28. The molecule has 0 spiro atoms. The molecule has 2 aromatic rings. The lowest BCUT2D eigenvalue weighted by Crippen LogP contribution is -2.24. The molecule has 24 heavy (non-hydrogen) atoms. The van der Waals surface area contributed by atoms with Gasteiger partial charge in [0, 0.05) is 32.0 Å². The predicted octanol–water partition coefficient (Wildman–Crippen LogP) is 1.04. The van der Waals surface area contributed by atoms with E-state index in [0.29, 0.717) is 30.3 Å². The second kappa shape index (κ2) is 6.14. The Balaban J connectivity index is 1.81. The summed E-state index contributed by atoms with van der Waals surface area (Å²) in [7, 11) is 1.84. The van der Waals surface area contributed by atoms with Crippen molar-refractivity contribution in [1.82, 2.24) is 19.6 Å². The van der Waals surface area contributed by atoms with E-state index in [1.165, 1.54) is 11.8 Å². The Morgan fingerprint density at radius 1 is 1.33 bits per heavy atom. The zero-order valence-electron chi connectivity index (χ0n) is 13.3. The number of aryl methyl sites for hydroxylation is 1. The summed E-state index contributed by atoms with van der Waals surface area (Å²) in [6.45, 7) is 1.32. The highest BCUT2D eigenvalue weighted by Gasteiger charge is 2.33. The minimum atomic E-state index is -0.211. The van der Waals surface area contributed by atoms with E-state index in [1.807, 2.05) is 17.9 Å². The van der Waals surface area contributed by atoms with Gasteiger partial charge < -0.3 is 10.1 Å². The average molecular weight is 349 g/mol. The molecule has 4 heterocycles. The lowest BCUT2D eigenvalue weighted by molar-refractivity contribution is -0.113. The van der Waals surface area contributed by atoms with Gasteiger partial charge in [-0.05, 0) is 12.8 Å². The standard InChI is InChI=1S/C15H19N5O3S/c1-19-7-9(6-16-19)13-12-14(17-11(21)8-24-13)20(18-15(12)22)10-2-4-23-5-3-10/h6-7,10,13H,2-5,8H2,1H3,(H,17,21)(H,18,22)/t13-/m1/s1. The molecule has 1 fully saturated rings. The second-order valence-corrected chi connectivity index (χ2v) is 7.20. The number of thioether (sulfide) groups is 1. The van der Waals surface area contributed by atoms with Crippen molar-refractivity contribution >= 4 is 23.5 Å². The van der Waals surface area contributed by atoms with Gasteiger partial charge in [-0.2, -0.15) is 5.10 Å². The molecular weight excluding hydrogens is 330 g/mol. The van der Waals surface area contributed by atoms with Crippen LogP contribution < -0.4 is 10.9 Å². The molecule has 0 radical (unpaired) electrons. The monoisotopic (exact) mass is 349 g/mol. The number of fused-ring (bicyclic) bond motifs is 1. The van der Waals surface area contributed by atoms with Crippen molar-refractivity contribution in [3.8, 4) is 0 Å². The molecule has 2 aliphatic rings. The largest absolute Gasteiger partial charge is 0.381 e. The molecule has 0 bridgehead atoms. The third-order valence-corrected chi connectivity index (χ3v) is 5.72. The number of ether oxygens (including phenoxy) is 1. The first-order chi connectivity index (χ1) is 11.6. The predicted molar refractivity (Wildman–Crippen MR) is 90.3 cm³/mol. The lowest BCUT2D eigenvalue weighted by atomic mass is 10.1. The molecule has 0 aliphatic carbocycles. The Morgan fingerprint density at radius 3 is 2.83 bits per heavy atom. The van der Waals surface area contributed by atoms with Crippen LogP contribution in [-0.4, -0.2) is 44.4 Å². The van der Waals surface area contributed by atoms with Crippen LogP contribution in [0.25, 0.3) is 0 Å². The Bertz CT molecular complexity index is 817. The van der Waals surface area contributed by atoms with E-state index in [-0.39, 0.29) is 22.8 Å². The van der Waals surface area contributed by atoms with Gasteiger partial charge >= 0.3 is 0 Å². The van der Waals surface area contributed by atoms with Crippen LogP contribution in [0.1, 0.15) is 35.3 Å². The van der Waals surface area contributed by atoms with Crippen LogP contribution in [0, 0.1) is 0 Å². The summed E-state index contributed by atoms with van der Waals surface area (Å²) in [5.41, 5.74) is 1.38. The van der Waals surface area contributed by atoms with E-state index in [0.717, 1.165) is 18.4 Å². The summed E-state index contributed by atoms with van der Waals surface area (Å²) in [6, 6.07) is 0.133. The van der Waals surface area contributed by atoms with Crippen molar-refractivity contribution in [2.24, 2.45) is 7.05 Å². The van der Waals surface area contributed by atoms with Gasteiger partial charge in [0.25, 0.3) is 5.56 Å². The Labute approximate surface area is 142 Å². The number of nitrogens with one attached hydrogen (secondary N) is 2. The number of aromatic amines is 1. The smallest absolute Gasteiger partial charge is 0.270 e. The van der Waals surface area contributed by atoms with Gasteiger partial charge in [0.05, 0.1) is 28.8 Å². The summed E-state index contributed by atoms with van der Waals surface area (Å²) in [5, 5.41) is 9.84. The number of hydrogen-bond donors (Lipinski definition) is 2. The molecule has 1 saturated heterocycles. The van der Waals surface area contributed by atoms with Crippen molar-refractivity contribution in [3.63, 3.8) is 0 Å². The molecule has 1 atom stereocenters. The number of rotatable bonds is 2. The number of carbonyl (C=O) groups excluding carboxylic acids is 1. The highest BCUT2D eigenvalue weighted by atomic mass is 32.2. The van der Waals surface area contributed by atoms with Gasteiger partial charge in [0.1, 0.15) is 5.82 Å². The maximum Gasteiger partial charge on any atom is 0.270 e. The van der Waals surface area contributed by atoms with Crippen molar-refractivity contribution in [2.45, 2.75) is 24.1 Å². The summed E-state index contributed by atoms with van der Waals surface area (Å²) >= 11 is 1.45. The second-order valence-electron chi connectivity index (χ2n) is 6.10. The molecule has 0 saturated carbocycles. The molecule has 0 unspecified atom stereocenters. The number of hydrogen-bond acceptors (Lipinski definition) is 5. The van der Waals surface area contributed by atoms with E-state index in [1.54, 1.807) is 10.9 Å². The van der Waals surface area contributed by atoms with Crippen LogP contribution in [0.2, 0.25) is 0 Å². The van der Waals surface area contributed by atoms with Crippen LogP contribution in [-0.2, 0) is 16.6 Å². The van der Waals surface area contributed by atoms with Gasteiger partial charge in [0.2, 0.25) is 5.91 Å². The van der Waals surface area contributed by atoms with Crippen LogP contribution in [0.3, 0.4) is 0 Å². The number of anilines is 1. The van der Waals surface area contributed by atoms with Gasteiger partial charge in [0.15, 0.2) is 0 Å². The zero-order chi connectivity index (χ0) is 16.7. The lowest BCUT2D eigenvalue weighted by Gasteiger charge is -2.25. The first kappa shape index (κ1) is 15.5. The molecule has 2 aromatic heterocycles. The normalized spacial score (nSPS) is 22.0. The van der Waals surface area contributed by atoms with Crippen LogP contribution in [0.4, 0.5) is 5.82 Å². The van der Waals surface area contributed by atoms with E-state index < -0.39 is 0 Å². The Hall–Kier alpha value is -2.00. The highest BCUT2D eigenvalue weighted by Crippen LogP contribution is 2.40.